The summed E-state index contributed by atoms with van der Waals surface area (Å²) in [6.07, 6.45) is 1.61. The number of carbonyl (C=O) groups excluding carboxylic acids is 2. The number of fused-ring (bicyclic) bond motifs is 1. The zero-order valence-electron chi connectivity index (χ0n) is 10.2. The molecule has 1 unspecified atom stereocenters. The number of amides is 3. The topological polar surface area (TPSA) is 65.5 Å². The minimum Gasteiger partial charge on any atom is -0.336 e. The first-order valence-electron chi connectivity index (χ1n) is 6.11. The van der Waals surface area contributed by atoms with Crippen molar-refractivity contribution in [3.63, 3.8) is 0 Å². The first-order chi connectivity index (χ1) is 9.16. The van der Waals surface area contributed by atoms with E-state index < -0.39 is 0 Å². The van der Waals surface area contributed by atoms with E-state index in [1.165, 1.54) is 0 Å². The van der Waals surface area contributed by atoms with E-state index in [1.807, 2.05) is 0 Å². The third kappa shape index (κ3) is 2.18. The predicted octanol–water partition coefficient (Wildman–Crippen LogP) is 0.694. The summed E-state index contributed by atoms with van der Waals surface area (Å²) in [6.45, 7) is 2.28. The average molecular weight is 325 g/mol. The normalized spacial score (nSPS) is 22.2. The van der Waals surface area contributed by atoms with Crippen LogP contribution in [0.5, 0.6) is 0 Å². The van der Waals surface area contributed by atoms with Crippen LogP contribution in [0.2, 0.25) is 0 Å². The van der Waals surface area contributed by atoms with E-state index in [9.17, 15) is 9.59 Å². The van der Waals surface area contributed by atoms with Crippen molar-refractivity contribution < 1.29 is 9.59 Å². The number of nitrogens with one attached hydrogen (secondary N) is 1. The number of pyridine rings is 1. The summed E-state index contributed by atoms with van der Waals surface area (Å²) >= 11 is 3.34. The van der Waals surface area contributed by atoms with Crippen molar-refractivity contribution in [2.75, 3.05) is 26.2 Å². The monoisotopic (exact) mass is 324 g/mol. The molecule has 0 bridgehead atoms. The van der Waals surface area contributed by atoms with Crippen LogP contribution in [0.4, 0.5) is 4.79 Å². The lowest BCUT2D eigenvalue weighted by atomic mass is 10.2. The molecule has 7 heteroatoms. The minimum absolute atomic E-state index is 0.0314. The highest BCUT2D eigenvalue weighted by Crippen LogP contribution is 2.19. The molecule has 2 fully saturated rings. The number of urea groups is 1. The van der Waals surface area contributed by atoms with Gasteiger partial charge in [0, 0.05) is 36.8 Å². The number of carbonyl (C=O) groups is 2. The molecule has 1 aromatic heterocycles. The van der Waals surface area contributed by atoms with Crippen molar-refractivity contribution in [1.82, 2.24) is 20.1 Å². The number of piperazine rings is 1. The molecular weight excluding hydrogens is 312 g/mol. The van der Waals surface area contributed by atoms with Crippen LogP contribution >= 0.6 is 15.9 Å². The Kier molecular flexibility index (Phi) is 3.14. The molecule has 1 atom stereocenters. The Balaban J connectivity index is 1.76. The summed E-state index contributed by atoms with van der Waals surface area (Å²) in [6, 6.07) is 3.62. The van der Waals surface area contributed by atoms with Crippen molar-refractivity contribution in [2.45, 2.75) is 6.04 Å². The molecule has 3 amide bonds. The lowest BCUT2D eigenvalue weighted by molar-refractivity contribution is 0.0610. The molecule has 100 valence electrons. The molecule has 1 aromatic rings. The molecule has 0 saturated carbocycles. The average Bonchev–Trinajstić information content (AvgIpc) is 2.80. The van der Waals surface area contributed by atoms with Gasteiger partial charge in [-0.2, -0.15) is 0 Å². The van der Waals surface area contributed by atoms with E-state index in [0.29, 0.717) is 36.3 Å². The maximum atomic E-state index is 12.4. The van der Waals surface area contributed by atoms with Gasteiger partial charge in [0.1, 0.15) is 5.69 Å². The third-order valence-electron chi connectivity index (χ3n) is 3.48. The largest absolute Gasteiger partial charge is 0.336 e. The van der Waals surface area contributed by atoms with Gasteiger partial charge in [-0.25, -0.2) is 9.78 Å². The van der Waals surface area contributed by atoms with Crippen molar-refractivity contribution >= 4 is 27.9 Å². The second kappa shape index (κ2) is 4.80. The molecule has 0 aliphatic carbocycles. The second-order valence-electron chi connectivity index (χ2n) is 4.62. The number of rotatable bonds is 1. The van der Waals surface area contributed by atoms with Crippen LogP contribution in [-0.4, -0.2) is 58.9 Å². The molecule has 6 nitrogen and oxygen atoms in total. The second-order valence-corrected chi connectivity index (χ2v) is 5.47. The van der Waals surface area contributed by atoms with Crippen LogP contribution in [0, 0.1) is 0 Å². The molecule has 0 spiro atoms. The summed E-state index contributed by atoms with van der Waals surface area (Å²) < 4.78 is 0.697. The standard InChI is InChI=1S/C12H13BrN4O2/c13-9-2-1-3-14-10(9)11(18)16-4-5-17-8(7-16)6-15-12(17)19/h1-3,8H,4-7H2,(H,15,19). The van der Waals surface area contributed by atoms with Gasteiger partial charge in [0.25, 0.3) is 5.91 Å². The van der Waals surface area contributed by atoms with E-state index in [0.717, 1.165) is 0 Å². The Hall–Kier alpha value is -1.63. The van der Waals surface area contributed by atoms with Crippen LogP contribution in [0.1, 0.15) is 10.5 Å². The molecule has 3 heterocycles. The smallest absolute Gasteiger partial charge is 0.317 e. The fourth-order valence-electron chi connectivity index (χ4n) is 2.48. The highest BCUT2D eigenvalue weighted by Gasteiger charge is 2.37. The SMILES string of the molecule is O=C(c1ncccc1Br)N1CCN2C(=O)NCC2C1. The van der Waals surface area contributed by atoms with E-state index in [4.69, 9.17) is 0 Å². The van der Waals surface area contributed by atoms with Crippen molar-refractivity contribution in [3.8, 4) is 0 Å². The molecule has 2 saturated heterocycles. The van der Waals surface area contributed by atoms with Gasteiger partial charge in [0.2, 0.25) is 0 Å². The molecule has 3 rings (SSSR count). The van der Waals surface area contributed by atoms with E-state index in [2.05, 4.69) is 26.2 Å². The van der Waals surface area contributed by atoms with Crippen LogP contribution in [0.25, 0.3) is 0 Å². The fourth-order valence-corrected chi connectivity index (χ4v) is 2.91. The van der Waals surface area contributed by atoms with Crippen LogP contribution < -0.4 is 5.32 Å². The van der Waals surface area contributed by atoms with Gasteiger partial charge in [-0.05, 0) is 28.1 Å². The summed E-state index contributed by atoms with van der Waals surface area (Å²) in [5.41, 5.74) is 0.424. The Bertz CT molecular complexity index is 536. The summed E-state index contributed by atoms with van der Waals surface area (Å²) in [5.74, 6) is -0.0912. The number of aromatic nitrogens is 1. The third-order valence-corrected chi connectivity index (χ3v) is 4.12. The van der Waals surface area contributed by atoms with Crippen molar-refractivity contribution in [2.24, 2.45) is 0 Å². The molecule has 2 aliphatic heterocycles. The van der Waals surface area contributed by atoms with Crippen LogP contribution in [0.15, 0.2) is 22.8 Å². The molecular formula is C12H13BrN4O2. The Morgan fingerprint density at radius 2 is 2.32 bits per heavy atom. The first-order valence-corrected chi connectivity index (χ1v) is 6.90. The van der Waals surface area contributed by atoms with Gasteiger partial charge in [0.15, 0.2) is 0 Å². The number of halogens is 1. The van der Waals surface area contributed by atoms with Crippen LogP contribution in [0.3, 0.4) is 0 Å². The Labute approximate surface area is 118 Å². The lowest BCUT2D eigenvalue weighted by Gasteiger charge is -2.36. The number of hydrogen-bond acceptors (Lipinski definition) is 3. The maximum Gasteiger partial charge on any atom is 0.317 e. The van der Waals surface area contributed by atoms with E-state index in [1.54, 1.807) is 28.1 Å². The highest BCUT2D eigenvalue weighted by atomic mass is 79.9. The lowest BCUT2D eigenvalue weighted by Crippen LogP contribution is -2.53. The predicted molar refractivity (Wildman–Crippen MR) is 71.7 cm³/mol. The molecule has 0 aromatic carbocycles. The quantitative estimate of drug-likeness (QED) is 0.826. The Morgan fingerprint density at radius 1 is 1.47 bits per heavy atom. The molecule has 0 radical (unpaired) electrons. The summed E-state index contributed by atoms with van der Waals surface area (Å²) in [7, 11) is 0. The number of nitrogens with zero attached hydrogens (tertiary/aromatic N) is 3. The maximum absolute atomic E-state index is 12.4. The van der Waals surface area contributed by atoms with Gasteiger partial charge in [0.05, 0.1) is 6.04 Å². The Morgan fingerprint density at radius 3 is 3.11 bits per heavy atom. The molecule has 2 aliphatic rings. The van der Waals surface area contributed by atoms with Gasteiger partial charge in [-0.1, -0.05) is 0 Å². The molecule has 1 N–H and O–H groups in total. The first kappa shape index (κ1) is 12.4. The summed E-state index contributed by atoms with van der Waals surface area (Å²) in [4.78, 5) is 31.6. The zero-order valence-corrected chi connectivity index (χ0v) is 11.8. The van der Waals surface area contributed by atoms with Crippen molar-refractivity contribution in [1.29, 1.82) is 0 Å². The van der Waals surface area contributed by atoms with E-state index in [-0.39, 0.29) is 18.0 Å². The zero-order chi connectivity index (χ0) is 13.4. The van der Waals surface area contributed by atoms with Gasteiger partial charge in [-0.3, -0.25) is 4.79 Å². The highest BCUT2D eigenvalue weighted by molar-refractivity contribution is 9.10. The van der Waals surface area contributed by atoms with Crippen molar-refractivity contribution in [3.05, 3.63) is 28.5 Å². The van der Waals surface area contributed by atoms with Gasteiger partial charge < -0.3 is 15.1 Å². The minimum atomic E-state index is -0.0912. The van der Waals surface area contributed by atoms with Crippen LogP contribution in [-0.2, 0) is 0 Å². The van der Waals surface area contributed by atoms with Gasteiger partial charge in [-0.15, -0.1) is 0 Å². The fraction of sp³-hybridized carbons (Fsp3) is 0.417. The summed E-state index contributed by atoms with van der Waals surface area (Å²) in [5, 5.41) is 2.80. The number of hydrogen-bond donors (Lipinski definition) is 1. The van der Waals surface area contributed by atoms with Gasteiger partial charge >= 0.3 is 6.03 Å². The van der Waals surface area contributed by atoms with E-state index >= 15 is 0 Å². The molecule has 19 heavy (non-hydrogen) atoms.